The van der Waals surface area contributed by atoms with E-state index in [1.807, 2.05) is 0 Å². The van der Waals surface area contributed by atoms with Crippen molar-refractivity contribution >= 4 is 6.29 Å². The Balaban J connectivity index is 3.52. The first kappa shape index (κ1) is 10.2. The lowest BCUT2D eigenvalue weighted by atomic mass is 10.1. The Kier molecular flexibility index (Phi) is 2.82. The summed E-state index contributed by atoms with van der Waals surface area (Å²) in [6.45, 7) is 0. The molecule has 0 saturated carbocycles. The summed E-state index contributed by atoms with van der Waals surface area (Å²) in [6, 6.07) is 1.32. The molecular formula is C8H3F3N2O. The van der Waals surface area contributed by atoms with Crippen LogP contribution in [-0.2, 0) is 0 Å². The topological polar surface area (TPSA) is 53.8 Å². The van der Waals surface area contributed by atoms with Crippen molar-refractivity contribution in [3.8, 4) is 6.07 Å². The molecule has 0 atom stereocenters. The summed E-state index contributed by atoms with van der Waals surface area (Å²) in [6.07, 6.45) is -2.53. The highest BCUT2D eigenvalue weighted by Crippen LogP contribution is 2.25. The number of nitrogens with zero attached hydrogens (tertiary/aromatic N) is 2. The fraction of sp³-hybridized carbons (Fsp3) is 0.125. The molecule has 0 saturated heterocycles. The van der Waals surface area contributed by atoms with Crippen molar-refractivity contribution in [1.29, 1.82) is 5.26 Å². The monoisotopic (exact) mass is 200 g/mol. The molecule has 0 aromatic carbocycles. The zero-order valence-electron chi connectivity index (χ0n) is 6.67. The maximum absolute atomic E-state index is 12.8. The van der Waals surface area contributed by atoms with Crippen molar-refractivity contribution < 1.29 is 18.0 Å². The lowest BCUT2D eigenvalue weighted by Gasteiger charge is -2.04. The van der Waals surface area contributed by atoms with Gasteiger partial charge in [-0.25, -0.2) is 18.2 Å². The van der Waals surface area contributed by atoms with Crippen LogP contribution in [0.3, 0.4) is 0 Å². The van der Waals surface area contributed by atoms with Crippen molar-refractivity contribution in [2.75, 3.05) is 0 Å². The van der Waals surface area contributed by atoms with Crippen LogP contribution in [-0.4, -0.2) is 11.3 Å². The van der Waals surface area contributed by atoms with E-state index in [0.29, 0.717) is 6.20 Å². The summed E-state index contributed by atoms with van der Waals surface area (Å²) < 4.78 is 37.3. The quantitative estimate of drug-likeness (QED) is 0.684. The molecule has 0 radical (unpaired) electrons. The molecule has 0 spiro atoms. The van der Waals surface area contributed by atoms with Gasteiger partial charge in [0.25, 0.3) is 6.43 Å². The Labute approximate surface area is 76.8 Å². The van der Waals surface area contributed by atoms with Crippen LogP contribution in [0, 0.1) is 17.1 Å². The van der Waals surface area contributed by atoms with Crippen LogP contribution in [0.25, 0.3) is 0 Å². The zero-order valence-corrected chi connectivity index (χ0v) is 6.67. The van der Waals surface area contributed by atoms with E-state index >= 15 is 0 Å². The number of rotatable bonds is 2. The second-order valence-corrected chi connectivity index (χ2v) is 2.31. The minimum Gasteiger partial charge on any atom is -0.296 e. The third-order valence-electron chi connectivity index (χ3n) is 1.54. The molecule has 14 heavy (non-hydrogen) atoms. The van der Waals surface area contributed by atoms with Gasteiger partial charge in [-0.3, -0.25) is 4.79 Å². The van der Waals surface area contributed by atoms with E-state index in [1.165, 1.54) is 6.07 Å². The largest absolute Gasteiger partial charge is 0.296 e. The van der Waals surface area contributed by atoms with Gasteiger partial charge in [0.15, 0.2) is 12.1 Å². The smallest absolute Gasteiger partial charge is 0.268 e. The van der Waals surface area contributed by atoms with Gasteiger partial charge in [-0.15, -0.1) is 0 Å². The number of carbonyl (C=O) groups is 1. The minimum absolute atomic E-state index is 0.129. The molecular weight excluding hydrogens is 197 g/mol. The van der Waals surface area contributed by atoms with Crippen LogP contribution in [0.5, 0.6) is 0 Å². The Morgan fingerprint density at radius 2 is 2.21 bits per heavy atom. The van der Waals surface area contributed by atoms with E-state index in [4.69, 9.17) is 5.26 Å². The average molecular weight is 200 g/mol. The first-order valence-electron chi connectivity index (χ1n) is 3.43. The number of nitriles is 1. The van der Waals surface area contributed by atoms with E-state index in [1.54, 1.807) is 0 Å². The molecule has 1 heterocycles. The number of hydrogen-bond acceptors (Lipinski definition) is 3. The van der Waals surface area contributed by atoms with E-state index < -0.39 is 29.1 Å². The van der Waals surface area contributed by atoms with Crippen LogP contribution in [0.15, 0.2) is 6.20 Å². The van der Waals surface area contributed by atoms with Gasteiger partial charge in [0.1, 0.15) is 11.8 Å². The summed E-state index contributed by atoms with van der Waals surface area (Å²) >= 11 is 0. The highest BCUT2D eigenvalue weighted by Gasteiger charge is 2.21. The normalized spacial score (nSPS) is 9.93. The summed E-state index contributed by atoms with van der Waals surface area (Å²) in [5, 5.41) is 8.45. The van der Waals surface area contributed by atoms with Crippen LogP contribution in [0.4, 0.5) is 13.2 Å². The van der Waals surface area contributed by atoms with Gasteiger partial charge in [-0.05, 0) is 0 Å². The SMILES string of the molecule is N#Cc1c(C=O)ncc(F)c1C(F)F. The van der Waals surface area contributed by atoms with E-state index in [2.05, 4.69) is 4.98 Å². The number of aromatic nitrogens is 1. The van der Waals surface area contributed by atoms with Gasteiger partial charge < -0.3 is 0 Å². The van der Waals surface area contributed by atoms with Crippen LogP contribution in [0.1, 0.15) is 28.0 Å². The number of pyridine rings is 1. The number of halogens is 3. The number of alkyl halides is 2. The lowest BCUT2D eigenvalue weighted by molar-refractivity contribution is 0.111. The van der Waals surface area contributed by atoms with Crippen LogP contribution < -0.4 is 0 Å². The summed E-state index contributed by atoms with van der Waals surface area (Å²) in [7, 11) is 0. The second kappa shape index (κ2) is 3.87. The molecule has 3 nitrogen and oxygen atoms in total. The Bertz CT molecular complexity index is 412. The standard InChI is InChI=1S/C8H3F3N2O/c9-5-2-13-6(3-14)4(1-12)7(5)8(10)11/h2-3,8H. The number of hydrogen-bond donors (Lipinski definition) is 0. The third-order valence-corrected chi connectivity index (χ3v) is 1.54. The van der Waals surface area contributed by atoms with Gasteiger partial charge in [0.2, 0.25) is 0 Å². The molecule has 0 unspecified atom stereocenters. The van der Waals surface area contributed by atoms with Gasteiger partial charge in [-0.2, -0.15) is 5.26 Å². The van der Waals surface area contributed by atoms with E-state index in [9.17, 15) is 18.0 Å². The maximum atomic E-state index is 12.8. The lowest BCUT2D eigenvalue weighted by Crippen LogP contribution is -2.03. The second-order valence-electron chi connectivity index (χ2n) is 2.31. The summed E-state index contributed by atoms with van der Waals surface area (Å²) in [5.74, 6) is -1.29. The number of carbonyl (C=O) groups excluding carboxylic acids is 1. The molecule has 1 aromatic heterocycles. The predicted octanol–water partition coefficient (Wildman–Crippen LogP) is 1.84. The van der Waals surface area contributed by atoms with Crippen molar-refractivity contribution in [3.05, 3.63) is 28.8 Å². The first-order valence-corrected chi connectivity index (χ1v) is 3.43. The van der Waals surface area contributed by atoms with Gasteiger partial charge in [0, 0.05) is 0 Å². The molecule has 6 heteroatoms. The van der Waals surface area contributed by atoms with Gasteiger partial charge >= 0.3 is 0 Å². The Morgan fingerprint density at radius 3 is 2.64 bits per heavy atom. The van der Waals surface area contributed by atoms with Gasteiger partial charge in [-0.1, -0.05) is 0 Å². The van der Waals surface area contributed by atoms with Crippen molar-refractivity contribution in [2.45, 2.75) is 6.43 Å². The summed E-state index contributed by atoms with van der Waals surface area (Å²) in [5.41, 5.74) is -2.27. The maximum Gasteiger partial charge on any atom is 0.268 e. The average Bonchev–Trinajstić information content (AvgIpc) is 2.16. The fourth-order valence-electron chi connectivity index (χ4n) is 0.938. The van der Waals surface area contributed by atoms with Crippen molar-refractivity contribution in [2.24, 2.45) is 0 Å². The molecule has 0 aliphatic heterocycles. The molecule has 1 rings (SSSR count). The third kappa shape index (κ3) is 1.57. The highest BCUT2D eigenvalue weighted by atomic mass is 19.3. The van der Waals surface area contributed by atoms with Crippen molar-refractivity contribution in [1.82, 2.24) is 4.98 Å². The molecule has 0 aliphatic carbocycles. The molecule has 0 N–H and O–H groups in total. The Morgan fingerprint density at radius 1 is 1.57 bits per heavy atom. The van der Waals surface area contributed by atoms with Crippen LogP contribution in [0.2, 0.25) is 0 Å². The number of aldehydes is 1. The van der Waals surface area contributed by atoms with E-state index in [-0.39, 0.29) is 6.29 Å². The Hall–Kier alpha value is -1.90. The zero-order chi connectivity index (χ0) is 10.7. The minimum atomic E-state index is -3.15. The first-order chi connectivity index (χ1) is 6.61. The fourth-order valence-corrected chi connectivity index (χ4v) is 0.938. The highest BCUT2D eigenvalue weighted by molar-refractivity contribution is 5.77. The van der Waals surface area contributed by atoms with Crippen molar-refractivity contribution in [3.63, 3.8) is 0 Å². The van der Waals surface area contributed by atoms with Crippen LogP contribution >= 0.6 is 0 Å². The molecule has 0 amide bonds. The summed E-state index contributed by atoms with van der Waals surface area (Å²) in [4.78, 5) is 13.5. The molecule has 72 valence electrons. The molecule has 0 bridgehead atoms. The predicted molar refractivity (Wildman–Crippen MR) is 39.3 cm³/mol. The van der Waals surface area contributed by atoms with Gasteiger partial charge in [0.05, 0.1) is 17.3 Å². The molecule has 0 aliphatic rings. The van der Waals surface area contributed by atoms with E-state index in [0.717, 1.165) is 0 Å². The molecule has 1 aromatic rings. The molecule has 0 fully saturated rings.